The van der Waals surface area contributed by atoms with Gasteiger partial charge in [0.1, 0.15) is 0 Å². The van der Waals surface area contributed by atoms with Gasteiger partial charge < -0.3 is 14.8 Å². The summed E-state index contributed by atoms with van der Waals surface area (Å²) in [7, 11) is 0. The van der Waals surface area contributed by atoms with E-state index in [1.54, 1.807) is 0 Å². The number of anilines is 1. The van der Waals surface area contributed by atoms with Crippen LogP contribution in [0.25, 0.3) is 0 Å². The SMILES string of the molecule is CC(Nc1ccc2c(c1)OC(C)(C)O2)c1ccccc1Br. The van der Waals surface area contributed by atoms with Crippen LogP contribution in [0.4, 0.5) is 5.69 Å². The van der Waals surface area contributed by atoms with Gasteiger partial charge in [-0.05, 0) is 30.7 Å². The molecule has 3 nitrogen and oxygen atoms in total. The fourth-order valence-electron chi connectivity index (χ4n) is 2.47. The van der Waals surface area contributed by atoms with Crippen LogP contribution >= 0.6 is 15.9 Å². The fraction of sp³-hybridized carbons (Fsp3) is 0.294. The topological polar surface area (TPSA) is 30.5 Å². The molecule has 1 heterocycles. The first-order valence-electron chi connectivity index (χ1n) is 6.98. The van der Waals surface area contributed by atoms with Gasteiger partial charge in [0, 0.05) is 36.1 Å². The van der Waals surface area contributed by atoms with Crippen LogP contribution in [0, 0.1) is 0 Å². The Balaban J connectivity index is 1.79. The molecule has 4 heteroatoms. The molecule has 3 rings (SSSR count). The Bertz CT molecular complexity index is 670. The normalized spacial score (nSPS) is 16.6. The van der Waals surface area contributed by atoms with Gasteiger partial charge in [-0.1, -0.05) is 34.1 Å². The molecule has 2 aromatic rings. The lowest BCUT2D eigenvalue weighted by Gasteiger charge is -2.17. The Morgan fingerprint density at radius 2 is 1.76 bits per heavy atom. The van der Waals surface area contributed by atoms with E-state index in [0.717, 1.165) is 21.7 Å². The summed E-state index contributed by atoms with van der Waals surface area (Å²) in [6.07, 6.45) is 0. The lowest BCUT2D eigenvalue weighted by Crippen LogP contribution is -2.29. The van der Waals surface area contributed by atoms with Crippen molar-refractivity contribution in [3.63, 3.8) is 0 Å². The van der Waals surface area contributed by atoms with Crippen LogP contribution in [0.2, 0.25) is 0 Å². The molecule has 0 amide bonds. The van der Waals surface area contributed by atoms with Gasteiger partial charge in [0.15, 0.2) is 11.5 Å². The maximum Gasteiger partial charge on any atom is 0.246 e. The highest BCUT2D eigenvalue weighted by atomic mass is 79.9. The third-order valence-corrected chi connectivity index (χ3v) is 4.13. The number of ether oxygens (including phenoxy) is 2. The van der Waals surface area contributed by atoms with Crippen LogP contribution < -0.4 is 14.8 Å². The zero-order chi connectivity index (χ0) is 15.0. The van der Waals surface area contributed by atoms with Crippen molar-refractivity contribution >= 4 is 21.6 Å². The Morgan fingerprint density at radius 3 is 2.52 bits per heavy atom. The van der Waals surface area contributed by atoms with Crippen molar-refractivity contribution in [3.8, 4) is 11.5 Å². The first-order valence-corrected chi connectivity index (χ1v) is 7.77. The summed E-state index contributed by atoms with van der Waals surface area (Å²) in [5.41, 5.74) is 2.23. The first-order chi connectivity index (χ1) is 9.94. The maximum atomic E-state index is 5.77. The van der Waals surface area contributed by atoms with Crippen LogP contribution in [0.5, 0.6) is 11.5 Å². The Kier molecular flexibility index (Phi) is 3.57. The number of halogens is 1. The van der Waals surface area contributed by atoms with Gasteiger partial charge in [-0.25, -0.2) is 0 Å². The molecule has 2 aromatic carbocycles. The standard InChI is InChI=1S/C17H18BrNO2/c1-11(13-6-4-5-7-14(13)18)19-12-8-9-15-16(10-12)21-17(2,3)20-15/h4-11,19H,1-3H3. The predicted octanol–water partition coefficient (Wildman–Crippen LogP) is 5.13. The van der Waals surface area contributed by atoms with E-state index in [2.05, 4.69) is 40.3 Å². The van der Waals surface area contributed by atoms with Crippen LogP contribution in [-0.4, -0.2) is 5.79 Å². The van der Waals surface area contributed by atoms with Crippen molar-refractivity contribution < 1.29 is 9.47 Å². The predicted molar refractivity (Wildman–Crippen MR) is 88.0 cm³/mol. The van der Waals surface area contributed by atoms with Crippen molar-refractivity contribution in [2.45, 2.75) is 32.6 Å². The molecular formula is C17H18BrNO2. The molecule has 0 bridgehead atoms. The quantitative estimate of drug-likeness (QED) is 0.834. The molecule has 1 unspecified atom stereocenters. The molecule has 1 aliphatic heterocycles. The van der Waals surface area contributed by atoms with Gasteiger partial charge in [0.05, 0.1) is 0 Å². The molecule has 0 saturated heterocycles. The molecule has 21 heavy (non-hydrogen) atoms. The molecule has 0 fully saturated rings. The molecule has 110 valence electrons. The maximum absolute atomic E-state index is 5.77. The number of hydrogen-bond acceptors (Lipinski definition) is 3. The Hall–Kier alpha value is -1.68. The molecule has 0 aliphatic carbocycles. The highest BCUT2D eigenvalue weighted by molar-refractivity contribution is 9.10. The fourth-order valence-corrected chi connectivity index (χ4v) is 3.09. The zero-order valence-electron chi connectivity index (χ0n) is 12.3. The van der Waals surface area contributed by atoms with Gasteiger partial charge in [-0.3, -0.25) is 0 Å². The minimum atomic E-state index is -0.588. The lowest BCUT2D eigenvalue weighted by atomic mass is 10.1. The molecule has 1 atom stereocenters. The van der Waals surface area contributed by atoms with E-state index >= 15 is 0 Å². The molecule has 0 radical (unpaired) electrons. The van der Waals surface area contributed by atoms with Crippen molar-refractivity contribution in [3.05, 3.63) is 52.5 Å². The number of nitrogens with one attached hydrogen (secondary N) is 1. The smallest absolute Gasteiger partial charge is 0.246 e. The molecule has 1 aliphatic rings. The van der Waals surface area contributed by atoms with E-state index in [4.69, 9.17) is 9.47 Å². The number of rotatable bonds is 3. The summed E-state index contributed by atoms with van der Waals surface area (Å²) in [5.74, 6) is 0.984. The molecular weight excluding hydrogens is 330 g/mol. The van der Waals surface area contributed by atoms with Crippen LogP contribution in [-0.2, 0) is 0 Å². The van der Waals surface area contributed by atoms with E-state index in [9.17, 15) is 0 Å². The summed E-state index contributed by atoms with van der Waals surface area (Å²) < 4.78 is 12.6. The van der Waals surface area contributed by atoms with Gasteiger partial charge in [-0.2, -0.15) is 0 Å². The lowest BCUT2D eigenvalue weighted by molar-refractivity contribution is -0.0431. The second kappa shape index (κ2) is 5.26. The third kappa shape index (κ3) is 3.00. The molecule has 0 spiro atoms. The Morgan fingerprint density at radius 1 is 1.05 bits per heavy atom. The van der Waals surface area contributed by atoms with Gasteiger partial charge in [0.2, 0.25) is 5.79 Å². The minimum Gasteiger partial charge on any atom is -0.449 e. The van der Waals surface area contributed by atoms with E-state index in [1.165, 1.54) is 5.56 Å². The van der Waals surface area contributed by atoms with Crippen molar-refractivity contribution in [1.29, 1.82) is 0 Å². The van der Waals surface area contributed by atoms with Crippen LogP contribution in [0.1, 0.15) is 32.4 Å². The second-order valence-corrected chi connectivity index (χ2v) is 6.51. The average molecular weight is 348 g/mol. The summed E-state index contributed by atoms with van der Waals surface area (Å²) in [4.78, 5) is 0. The summed E-state index contributed by atoms with van der Waals surface area (Å²) in [5, 5.41) is 3.49. The highest BCUT2D eigenvalue weighted by Crippen LogP contribution is 2.41. The van der Waals surface area contributed by atoms with Crippen LogP contribution in [0.3, 0.4) is 0 Å². The molecule has 0 aromatic heterocycles. The Labute approximate surface area is 133 Å². The monoisotopic (exact) mass is 347 g/mol. The van der Waals surface area contributed by atoms with E-state index in [1.807, 2.05) is 44.2 Å². The van der Waals surface area contributed by atoms with Crippen molar-refractivity contribution in [2.24, 2.45) is 0 Å². The highest BCUT2D eigenvalue weighted by Gasteiger charge is 2.31. The van der Waals surface area contributed by atoms with Crippen molar-refractivity contribution in [1.82, 2.24) is 0 Å². The number of fused-ring (bicyclic) bond motifs is 1. The van der Waals surface area contributed by atoms with E-state index in [0.29, 0.717) is 0 Å². The second-order valence-electron chi connectivity index (χ2n) is 5.65. The summed E-state index contributed by atoms with van der Waals surface area (Å²) in [6.45, 7) is 5.95. The molecule has 1 N–H and O–H groups in total. The summed E-state index contributed by atoms with van der Waals surface area (Å²) >= 11 is 3.59. The van der Waals surface area contributed by atoms with Crippen molar-refractivity contribution in [2.75, 3.05) is 5.32 Å². The zero-order valence-corrected chi connectivity index (χ0v) is 13.9. The third-order valence-electron chi connectivity index (χ3n) is 3.41. The minimum absolute atomic E-state index is 0.189. The van der Waals surface area contributed by atoms with E-state index < -0.39 is 5.79 Å². The van der Waals surface area contributed by atoms with Gasteiger partial charge in [0.25, 0.3) is 0 Å². The molecule has 0 saturated carbocycles. The van der Waals surface area contributed by atoms with E-state index in [-0.39, 0.29) is 6.04 Å². The largest absolute Gasteiger partial charge is 0.449 e. The van der Waals surface area contributed by atoms with Gasteiger partial charge in [-0.15, -0.1) is 0 Å². The number of benzene rings is 2. The summed E-state index contributed by atoms with van der Waals surface area (Å²) in [6, 6.07) is 14.3. The average Bonchev–Trinajstić information content (AvgIpc) is 2.72. The first kappa shape index (κ1) is 14.3. The van der Waals surface area contributed by atoms with Gasteiger partial charge >= 0.3 is 0 Å². The number of hydrogen-bond donors (Lipinski definition) is 1. The van der Waals surface area contributed by atoms with Crippen LogP contribution in [0.15, 0.2) is 46.9 Å².